The highest BCUT2D eigenvalue weighted by Crippen LogP contribution is 2.21. The van der Waals surface area contributed by atoms with E-state index in [0.29, 0.717) is 51.0 Å². The van der Waals surface area contributed by atoms with Crippen molar-refractivity contribution in [1.29, 1.82) is 0 Å². The van der Waals surface area contributed by atoms with Crippen LogP contribution < -0.4 is 42.3 Å². The molecule has 0 saturated carbocycles. The summed E-state index contributed by atoms with van der Waals surface area (Å²) in [5, 5.41) is 16.7. The minimum Gasteiger partial charge on any atom is -0.496 e. The summed E-state index contributed by atoms with van der Waals surface area (Å²) in [6.07, 6.45) is 4.62. The maximum Gasteiger partial charge on any atom is 0.257 e. The molecule has 0 aliphatic carbocycles. The van der Waals surface area contributed by atoms with Crippen LogP contribution in [0.5, 0.6) is 17.2 Å². The van der Waals surface area contributed by atoms with Gasteiger partial charge in [0.05, 0.1) is 40.0 Å². The average molecular weight is 504 g/mol. The molecule has 12 heteroatoms. The van der Waals surface area contributed by atoms with Gasteiger partial charge in [0.25, 0.3) is 5.96 Å². The quantitative estimate of drug-likeness (QED) is 0.128. The number of guanidine groups is 1. The molecule has 3 aromatic carbocycles. The Morgan fingerprint density at radius 1 is 0.622 bits per heavy atom. The van der Waals surface area contributed by atoms with Gasteiger partial charge in [-0.1, -0.05) is 0 Å². The van der Waals surface area contributed by atoms with Crippen LogP contribution in [0.3, 0.4) is 0 Å². The number of nitrogens with two attached hydrogens (primary N) is 3. The number of nitrogens with one attached hydrogen (secondary N) is 2. The van der Waals surface area contributed by atoms with Crippen molar-refractivity contribution in [2.45, 2.75) is 0 Å². The molecule has 3 aromatic rings. The Labute approximate surface area is 214 Å². The van der Waals surface area contributed by atoms with Crippen molar-refractivity contribution in [3.05, 3.63) is 71.3 Å². The Kier molecular flexibility index (Phi) is 9.25. The number of hydrogen-bond donors (Lipinski definition) is 5. The molecule has 0 aromatic heterocycles. The third-order valence-electron chi connectivity index (χ3n) is 4.88. The average Bonchev–Trinajstić information content (AvgIpc) is 2.90. The number of methoxy groups -OCH3 is 3. The molecule has 3 rings (SSSR count). The number of rotatable bonds is 9. The van der Waals surface area contributed by atoms with Crippen LogP contribution in [0, 0.1) is 0 Å². The largest absolute Gasteiger partial charge is 0.496 e. The van der Waals surface area contributed by atoms with Gasteiger partial charge >= 0.3 is 0 Å². The molecule has 192 valence electrons. The summed E-state index contributed by atoms with van der Waals surface area (Å²) in [6.45, 7) is 0. The smallest absolute Gasteiger partial charge is 0.257 e. The van der Waals surface area contributed by atoms with Gasteiger partial charge in [-0.3, -0.25) is 0 Å². The van der Waals surface area contributed by atoms with E-state index in [-0.39, 0.29) is 5.96 Å². The molecular formula is C25H29N9O3. The molecule has 0 atom stereocenters. The predicted molar refractivity (Wildman–Crippen MR) is 149 cm³/mol. The standard InChI is InChI=1S/C25H29N9O3/c1-35-22-10-19(26)7-4-16(22)13-29-32-25(33-30-14-17-5-8-20(27)11-23(17)36-2)34-31-15-18-6-9-21(28)12-24(18)37-3/h4-15H,26-28H2,1-3H3,(H2,32,33,34)/b29-13+,30-14+,31-15+. The van der Waals surface area contributed by atoms with Crippen LogP contribution in [-0.4, -0.2) is 45.9 Å². The molecular weight excluding hydrogens is 474 g/mol. The SMILES string of the molecule is COc1cc(N)ccc1/C=N/N=C(N/N=C/c1ccc(N)cc1OC)N/N=C/c1ccc(N)cc1OC. The van der Waals surface area contributed by atoms with E-state index >= 15 is 0 Å². The summed E-state index contributed by atoms with van der Waals surface area (Å²) >= 11 is 0. The fraction of sp³-hybridized carbons (Fsp3) is 0.120. The highest BCUT2D eigenvalue weighted by atomic mass is 16.5. The molecule has 0 saturated heterocycles. The Morgan fingerprint density at radius 2 is 1.00 bits per heavy atom. The van der Waals surface area contributed by atoms with Gasteiger partial charge in [-0.05, 0) is 36.4 Å². The van der Waals surface area contributed by atoms with E-state index < -0.39 is 0 Å². The summed E-state index contributed by atoms with van der Waals surface area (Å²) in [5.41, 5.74) is 26.8. The van der Waals surface area contributed by atoms with Gasteiger partial charge in [0.1, 0.15) is 17.2 Å². The lowest BCUT2D eigenvalue weighted by molar-refractivity contribution is 0.414. The van der Waals surface area contributed by atoms with E-state index in [9.17, 15) is 0 Å². The van der Waals surface area contributed by atoms with Crippen LogP contribution in [-0.2, 0) is 0 Å². The third-order valence-corrected chi connectivity index (χ3v) is 4.88. The summed E-state index contributed by atoms with van der Waals surface area (Å²) in [7, 11) is 4.65. The summed E-state index contributed by atoms with van der Waals surface area (Å²) < 4.78 is 16.0. The lowest BCUT2D eigenvalue weighted by Crippen LogP contribution is -2.30. The molecule has 0 aliphatic rings. The number of nitrogens with zero attached hydrogens (tertiary/aromatic N) is 4. The minimum absolute atomic E-state index is 0.127. The van der Waals surface area contributed by atoms with Crippen molar-refractivity contribution in [1.82, 2.24) is 10.9 Å². The molecule has 0 aliphatic heterocycles. The first kappa shape index (κ1) is 26.3. The highest BCUT2D eigenvalue weighted by Gasteiger charge is 2.04. The molecule has 0 heterocycles. The zero-order valence-corrected chi connectivity index (χ0v) is 20.7. The van der Waals surface area contributed by atoms with Crippen LogP contribution in [0.15, 0.2) is 75.0 Å². The second kappa shape index (κ2) is 13.0. The molecule has 0 radical (unpaired) electrons. The molecule has 12 nitrogen and oxygen atoms in total. The van der Waals surface area contributed by atoms with Gasteiger partial charge in [0.15, 0.2) is 0 Å². The van der Waals surface area contributed by atoms with Crippen LogP contribution in [0.4, 0.5) is 17.1 Å². The van der Waals surface area contributed by atoms with Crippen LogP contribution in [0.25, 0.3) is 0 Å². The molecule has 0 amide bonds. The number of hydrazone groups is 2. The first-order chi connectivity index (χ1) is 17.9. The monoisotopic (exact) mass is 503 g/mol. The van der Waals surface area contributed by atoms with E-state index in [1.807, 2.05) is 0 Å². The number of benzene rings is 3. The lowest BCUT2D eigenvalue weighted by Gasteiger charge is -2.07. The van der Waals surface area contributed by atoms with Crippen LogP contribution in [0.1, 0.15) is 16.7 Å². The maximum absolute atomic E-state index is 5.81. The second-order valence-electron chi connectivity index (χ2n) is 7.44. The molecule has 0 bridgehead atoms. The van der Waals surface area contributed by atoms with Crippen molar-refractivity contribution in [2.24, 2.45) is 20.4 Å². The van der Waals surface area contributed by atoms with E-state index in [1.54, 1.807) is 88.4 Å². The molecule has 0 fully saturated rings. The van der Waals surface area contributed by atoms with E-state index in [4.69, 9.17) is 31.4 Å². The zero-order chi connectivity index (χ0) is 26.6. The minimum atomic E-state index is 0.127. The zero-order valence-electron chi connectivity index (χ0n) is 20.7. The summed E-state index contributed by atoms with van der Waals surface area (Å²) in [4.78, 5) is 0. The lowest BCUT2D eigenvalue weighted by atomic mass is 10.2. The Morgan fingerprint density at radius 3 is 1.38 bits per heavy atom. The number of hydrogen-bond acceptors (Lipinski definition) is 10. The van der Waals surface area contributed by atoms with Gasteiger partial charge < -0.3 is 31.4 Å². The molecule has 0 unspecified atom stereocenters. The topological polar surface area (TPSA) is 179 Å². The summed E-state index contributed by atoms with van der Waals surface area (Å²) in [6, 6.07) is 15.6. The van der Waals surface area contributed by atoms with Crippen molar-refractivity contribution in [2.75, 3.05) is 38.5 Å². The van der Waals surface area contributed by atoms with Gasteiger partial charge in [-0.2, -0.15) is 15.3 Å². The van der Waals surface area contributed by atoms with Gasteiger partial charge in [0.2, 0.25) is 0 Å². The van der Waals surface area contributed by atoms with Gasteiger partial charge in [-0.15, -0.1) is 5.10 Å². The van der Waals surface area contributed by atoms with Crippen LogP contribution in [0.2, 0.25) is 0 Å². The van der Waals surface area contributed by atoms with E-state index in [0.717, 1.165) is 0 Å². The Balaban J connectivity index is 1.82. The van der Waals surface area contributed by atoms with Gasteiger partial charge in [0, 0.05) is 52.0 Å². The first-order valence-corrected chi connectivity index (χ1v) is 10.9. The Bertz CT molecular complexity index is 1270. The highest BCUT2D eigenvalue weighted by molar-refractivity contribution is 5.89. The third kappa shape index (κ3) is 7.62. The first-order valence-electron chi connectivity index (χ1n) is 10.9. The van der Waals surface area contributed by atoms with Crippen LogP contribution >= 0.6 is 0 Å². The second-order valence-corrected chi connectivity index (χ2v) is 7.44. The molecule has 8 N–H and O–H groups in total. The number of anilines is 3. The number of nitrogen functional groups attached to an aromatic ring is 3. The van der Waals surface area contributed by atoms with Crippen molar-refractivity contribution >= 4 is 41.7 Å². The number of ether oxygens (including phenoxy) is 3. The van der Waals surface area contributed by atoms with E-state index in [1.165, 1.54) is 6.21 Å². The molecule has 0 spiro atoms. The predicted octanol–water partition coefficient (Wildman–Crippen LogP) is 2.40. The summed E-state index contributed by atoms with van der Waals surface area (Å²) in [5.74, 6) is 1.82. The fourth-order valence-electron chi connectivity index (χ4n) is 3.05. The fourth-order valence-corrected chi connectivity index (χ4v) is 3.05. The molecule has 37 heavy (non-hydrogen) atoms. The Hall–Kier alpha value is -5.26. The van der Waals surface area contributed by atoms with E-state index in [2.05, 4.69) is 31.3 Å². The maximum atomic E-state index is 5.81. The van der Waals surface area contributed by atoms with Gasteiger partial charge in [-0.25, -0.2) is 10.9 Å². The van der Waals surface area contributed by atoms with Crippen molar-refractivity contribution in [3.8, 4) is 17.2 Å². The normalized spacial score (nSPS) is 11.1. The van der Waals surface area contributed by atoms with Crippen molar-refractivity contribution in [3.63, 3.8) is 0 Å². The van der Waals surface area contributed by atoms with Crippen molar-refractivity contribution < 1.29 is 14.2 Å².